The maximum atomic E-state index is 11.2. The first-order valence-electron chi connectivity index (χ1n) is 6.05. The normalized spacial score (nSPS) is 10.4. The lowest BCUT2D eigenvalue weighted by Gasteiger charge is -2.07. The fourth-order valence-corrected chi connectivity index (χ4v) is 2.23. The van der Waals surface area contributed by atoms with Gasteiger partial charge in [-0.15, -0.1) is 0 Å². The molecule has 1 N–H and O–H groups in total. The summed E-state index contributed by atoms with van der Waals surface area (Å²) in [5.41, 5.74) is 3.14. The minimum Gasteiger partial charge on any atom is -0.478 e. The number of aryl methyl sites for hydroxylation is 1. The summed E-state index contributed by atoms with van der Waals surface area (Å²) in [6, 6.07) is 9.28. The van der Waals surface area contributed by atoms with E-state index in [0.29, 0.717) is 12.0 Å². The van der Waals surface area contributed by atoms with Gasteiger partial charge in [-0.25, -0.2) is 4.79 Å². The summed E-state index contributed by atoms with van der Waals surface area (Å²) in [6.45, 7) is 2.08. The molecule has 4 heteroatoms. The highest BCUT2D eigenvalue weighted by Crippen LogP contribution is 2.19. The maximum absolute atomic E-state index is 11.2. The van der Waals surface area contributed by atoms with Crippen LogP contribution in [0.2, 0.25) is 0 Å². The Morgan fingerprint density at radius 1 is 1.32 bits per heavy atom. The van der Waals surface area contributed by atoms with Crippen molar-refractivity contribution in [2.24, 2.45) is 0 Å². The summed E-state index contributed by atoms with van der Waals surface area (Å²) >= 11 is 3.29. The molecule has 0 atom stereocenters. The molecule has 19 heavy (non-hydrogen) atoms. The Bertz CT molecular complexity index is 594. The zero-order chi connectivity index (χ0) is 13.8. The highest BCUT2D eigenvalue weighted by molar-refractivity contribution is 9.10. The number of pyridine rings is 1. The van der Waals surface area contributed by atoms with Crippen LogP contribution < -0.4 is 0 Å². The van der Waals surface area contributed by atoms with E-state index in [2.05, 4.69) is 27.8 Å². The molecule has 0 aliphatic heterocycles. The van der Waals surface area contributed by atoms with Crippen molar-refractivity contribution in [3.8, 4) is 0 Å². The first kappa shape index (κ1) is 13.7. The Morgan fingerprint density at radius 2 is 2.11 bits per heavy atom. The van der Waals surface area contributed by atoms with Gasteiger partial charge in [-0.05, 0) is 35.7 Å². The SMILES string of the molecule is CCc1ccc(Cc2ccc(Br)cc2C(=O)O)nc1. The van der Waals surface area contributed by atoms with Gasteiger partial charge in [-0.3, -0.25) is 4.98 Å². The number of nitrogens with zero attached hydrogens (tertiary/aromatic N) is 1. The van der Waals surface area contributed by atoms with E-state index >= 15 is 0 Å². The molecule has 1 aromatic carbocycles. The van der Waals surface area contributed by atoms with E-state index in [-0.39, 0.29) is 0 Å². The van der Waals surface area contributed by atoms with Gasteiger partial charge >= 0.3 is 5.97 Å². The first-order chi connectivity index (χ1) is 9.10. The highest BCUT2D eigenvalue weighted by Gasteiger charge is 2.11. The quantitative estimate of drug-likeness (QED) is 0.934. The molecule has 0 aliphatic carbocycles. The smallest absolute Gasteiger partial charge is 0.336 e. The molecule has 0 saturated heterocycles. The second-order valence-corrected chi connectivity index (χ2v) is 5.21. The molecular formula is C15H14BrNO2. The molecule has 1 aromatic heterocycles. The van der Waals surface area contributed by atoms with Gasteiger partial charge in [0, 0.05) is 22.8 Å². The number of carboxylic acid groups (broad SMARTS) is 1. The van der Waals surface area contributed by atoms with E-state index in [9.17, 15) is 9.90 Å². The fraction of sp³-hybridized carbons (Fsp3) is 0.200. The monoisotopic (exact) mass is 319 g/mol. The van der Waals surface area contributed by atoms with Crippen LogP contribution in [-0.4, -0.2) is 16.1 Å². The van der Waals surface area contributed by atoms with Crippen LogP contribution in [0, 0.1) is 0 Å². The Kier molecular flexibility index (Phi) is 4.32. The predicted molar refractivity (Wildman–Crippen MR) is 77.5 cm³/mol. The maximum Gasteiger partial charge on any atom is 0.336 e. The Labute approximate surface area is 120 Å². The largest absolute Gasteiger partial charge is 0.478 e. The van der Waals surface area contributed by atoms with Gasteiger partial charge in [0.15, 0.2) is 0 Å². The van der Waals surface area contributed by atoms with E-state index in [1.54, 1.807) is 6.07 Å². The lowest BCUT2D eigenvalue weighted by Crippen LogP contribution is -2.04. The molecule has 0 amide bonds. The third kappa shape index (κ3) is 3.41. The van der Waals surface area contributed by atoms with E-state index in [0.717, 1.165) is 22.2 Å². The predicted octanol–water partition coefficient (Wildman–Crippen LogP) is 3.70. The van der Waals surface area contributed by atoms with E-state index in [4.69, 9.17) is 0 Å². The van der Waals surface area contributed by atoms with Gasteiger partial charge < -0.3 is 5.11 Å². The molecule has 0 saturated carbocycles. The van der Waals surface area contributed by atoms with Crippen molar-refractivity contribution in [1.29, 1.82) is 0 Å². The van der Waals surface area contributed by atoms with Crippen LogP contribution in [0.4, 0.5) is 0 Å². The van der Waals surface area contributed by atoms with Gasteiger partial charge in [-0.2, -0.15) is 0 Å². The topological polar surface area (TPSA) is 50.2 Å². The van der Waals surface area contributed by atoms with Gasteiger partial charge in [-0.1, -0.05) is 35.0 Å². The minimum atomic E-state index is -0.915. The summed E-state index contributed by atoms with van der Waals surface area (Å²) in [6.07, 6.45) is 3.32. The van der Waals surface area contributed by atoms with Gasteiger partial charge in [0.1, 0.15) is 0 Å². The van der Waals surface area contributed by atoms with Gasteiger partial charge in [0.25, 0.3) is 0 Å². The number of carboxylic acids is 1. The number of hydrogen-bond acceptors (Lipinski definition) is 2. The van der Waals surface area contributed by atoms with Crippen molar-refractivity contribution in [3.63, 3.8) is 0 Å². The van der Waals surface area contributed by atoms with E-state index in [1.165, 1.54) is 5.56 Å². The zero-order valence-corrected chi connectivity index (χ0v) is 12.1. The second-order valence-electron chi connectivity index (χ2n) is 4.29. The number of hydrogen-bond donors (Lipinski definition) is 1. The molecule has 3 nitrogen and oxygen atoms in total. The molecular weight excluding hydrogens is 306 g/mol. The molecule has 2 rings (SSSR count). The number of rotatable bonds is 4. The van der Waals surface area contributed by atoms with Crippen LogP contribution in [0.3, 0.4) is 0 Å². The van der Waals surface area contributed by atoms with Crippen molar-refractivity contribution in [1.82, 2.24) is 4.98 Å². The number of benzene rings is 1. The number of aromatic nitrogens is 1. The lowest BCUT2D eigenvalue weighted by molar-refractivity contribution is 0.0696. The van der Waals surface area contributed by atoms with Crippen LogP contribution in [0.25, 0.3) is 0 Å². The van der Waals surface area contributed by atoms with Gasteiger partial charge in [0.05, 0.1) is 5.56 Å². The Morgan fingerprint density at radius 3 is 2.68 bits per heavy atom. The van der Waals surface area contributed by atoms with Crippen LogP contribution >= 0.6 is 15.9 Å². The summed E-state index contributed by atoms with van der Waals surface area (Å²) < 4.78 is 0.767. The van der Waals surface area contributed by atoms with Crippen LogP contribution in [0.15, 0.2) is 41.0 Å². The summed E-state index contributed by atoms with van der Waals surface area (Å²) in [5.74, 6) is -0.915. The Hall–Kier alpha value is -1.68. The van der Waals surface area contributed by atoms with Crippen molar-refractivity contribution in [3.05, 3.63) is 63.4 Å². The Balaban J connectivity index is 2.29. The summed E-state index contributed by atoms with van der Waals surface area (Å²) in [4.78, 5) is 15.6. The average molecular weight is 320 g/mol. The summed E-state index contributed by atoms with van der Waals surface area (Å²) in [7, 11) is 0. The van der Waals surface area contributed by atoms with Crippen LogP contribution in [-0.2, 0) is 12.8 Å². The van der Waals surface area contributed by atoms with Crippen molar-refractivity contribution >= 4 is 21.9 Å². The fourth-order valence-electron chi connectivity index (χ4n) is 1.87. The van der Waals surface area contributed by atoms with Crippen molar-refractivity contribution in [2.75, 3.05) is 0 Å². The molecule has 0 spiro atoms. The van der Waals surface area contributed by atoms with Gasteiger partial charge in [0.2, 0.25) is 0 Å². The molecule has 0 fully saturated rings. The second kappa shape index (κ2) is 5.97. The highest BCUT2D eigenvalue weighted by atomic mass is 79.9. The molecule has 0 aliphatic rings. The number of carbonyl (C=O) groups is 1. The molecule has 1 heterocycles. The lowest BCUT2D eigenvalue weighted by atomic mass is 10.0. The number of aromatic carboxylic acids is 1. The third-order valence-corrected chi connectivity index (χ3v) is 3.46. The zero-order valence-electron chi connectivity index (χ0n) is 10.6. The van der Waals surface area contributed by atoms with Crippen molar-refractivity contribution in [2.45, 2.75) is 19.8 Å². The third-order valence-electron chi connectivity index (χ3n) is 2.97. The molecule has 2 aromatic rings. The molecule has 0 bridgehead atoms. The van der Waals surface area contributed by atoms with Crippen LogP contribution in [0.1, 0.15) is 34.1 Å². The molecule has 98 valence electrons. The average Bonchev–Trinajstić information content (AvgIpc) is 2.41. The van der Waals surface area contributed by atoms with E-state index in [1.807, 2.05) is 30.5 Å². The number of halogens is 1. The first-order valence-corrected chi connectivity index (χ1v) is 6.85. The summed E-state index contributed by atoms with van der Waals surface area (Å²) in [5, 5.41) is 9.21. The van der Waals surface area contributed by atoms with E-state index < -0.39 is 5.97 Å². The van der Waals surface area contributed by atoms with Crippen LogP contribution in [0.5, 0.6) is 0 Å². The molecule has 0 radical (unpaired) electrons. The standard InChI is InChI=1S/C15H14BrNO2/c1-2-10-3-6-13(17-9-10)7-11-4-5-12(16)8-14(11)15(18)19/h3-6,8-9H,2,7H2,1H3,(H,18,19). The minimum absolute atomic E-state index is 0.316. The molecule has 0 unspecified atom stereocenters. The van der Waals surface area contributed by atoms with Crippen molar-refractivity contribution < 1.29 is 9.90 Å².